The molecule has 20 heavy (non-hydrogen) atoms. The zero-order chi connectivity index (χ0) is 14.4. The van der Waals surface area contributed by atoms with E-state index in [1.54, 1.807) is 0 Å². The predicted octanol–water partition coefficient (Wildman–Crippen LogP) is 2.93. The van der Waals surface area contributed by atoms with Crippen molar-refractivity contribution in [2.75, 3.05) is 11.5 Å². The van der Waals surface area contributed by atoms with Gasteiger partial charge in [-0.1, -0.05) is 24.3 Å². The van der Waals surface area contributed by atoms with E-state index in [9.17, 15) is 0 Å². The molecular weight excluding hydrogens is 252 g/mol. The van der Waals surface area contributed by atoms with Gasteiger partial charge in [0.15, 0.2) is 6.29 Å². The molecular formula is C16H20N2O2. The van der Waals surface area contributed by atoms with E-state index in [4.69, 9.17) is 20.9 Å². The van der Waals surface area contributed by atoms with Crippen molar-refractivity contribution in [1.82, 2.24) is 0 Å². The highest BCUT2D eigenvalue weighted by molar-refractivity contribution is 5.39. The van der Waals surface area contributed by atoms with Gasteiger partial charge in [0.1, 0.15) is 0 Å². The Morgan fingerprint density at radius 3 is 1.45 bits per heavy atom. The second-order valence-corrected chi connectivity index (χ2v) is 4.67. The quantitative estimate of drug-likeness (QED) is 0.626. The average Bonchev–Trinajstić information content (AvgIpc) is 2.46. The van der Waals surface area contributed by atoms with Crippen molar-refractivity contribution in [3.63, 3.8) is 0 Å². The number of benzene rings is 2. The molecule has 0 atom stereocenters. The SMILES string of the molecule is CC(OCc1ccc(N)cc1)OCc1ccc(N)cc1. The zero-order valence-corrected chi connectivity index (χ0v) is 11.6. The van der Waals surface area contributed by atoms with E-state index >= 15 is 0 Å². The summed E-state index contributed by atoms with van der Waals surface area (Å²) in [5.41, 5.74) is 14.9. The first-order chi connectivity index (χ1) is 9.63. The third-order valence-electron chi connectivity index (χ3n) is 2.93. The largest absolute Gasteiger partial charge is 0.399 e. The summed E-state index contributed by atoms with van der Waals surface area (Å²) in [5, 5.41) is 0. The summed E-state index contributed by atoms with van der Waals surface area (Å²) in [5.74, 6) is 0. The van der Waals surface area contributed by atoms with Gasteiger partial charge in [0, 0.05) is 11.4 Å². The Balaban J connectivity index is 1.73. The molecule has 4 heteroatoms. The second kappa shape index (κ2) is 6.93. The lowest BCUT2D eigenvalue weighted by Crippen LogP contribution is -2.12. The van der Waals surface area contributed by atoms with Crippen LogP contribution in [0.15, 0.2) is 48.5 Å². The molecule has 0 fully saturated rings. The van der Waals surface area contributed by atoms with Gasteiger partial charge in [-0.2, -0.15) is 0 Å². The highest BCUT2D eigenvalue weighted by atomic mass is 16.7. The Bertz CT molecular complexity index is 474. The summed E-state index contributed by atoms with van der Waals surface area (Å²) in [6.07, 6.45) is -0.273. The molecule has 4 nitrogen and oxygen atoms in total. The zero-order valence-electron chi connectivity index (χ0n) is 11.6. The molecule has 0 saturated carbocycles. The van der Waals surface area contributed by atoms with Crippen LogP contribution in [0.2, 0.25) is 0 Å². The first-order valence-electron chi connectivity index (χ1n) is 6.55. The van der Waals surface area contributed by atoms with Crippen LogP contribution in [0.5, 0.6) is 0 Å². The minimum absolute atomic E-state index is 0.273. The minimum atomic E-state index is -0.273. The standard InChI is InChI=1S/C16H20N2O2/c1-12(19-10-13-2-6-15(17)7-3-13)20-11-14-4-8-16(18)9-5-14/h2-9,12H,10-11,17-18H2,1H3. The van der Waals surface area contributed by atoms with Crippen LogP contribution in [-0.4, -0.2) is 6.29 Å². The van der Waals surface area contributed by atoms with Crippen molar-refractivity contribution < 1.29 is 9.47 Å². The van der Waals surface area contributed by atoms with Crippen LogP contribution in [0.25, 0.3) is 0 Å². The molecule has 0 bridgehead atoms. The lowest BCUT2D eigenvalue weighted by molar-refractivity contribution is -0.144. The summed E-state index contributed by atoms with van der Waals surface area (Å²) in [6, 6.07) is 15.2. The van der Waals surface area contributed by atoms with Gasteiger partial charge in [-0.25, -0.2) is 0 Å². The van der Waals surface area contributed by atoms with Crippen LogP contribution in [0.4, 0.5) is 11.4 Å². The van der Waals surface area contributed by atoms with Gasteiger partial charge in [-0.3, -0.25) is 0 Å². The molecule has 0 heterocycles. The first-order valence-corrected chi connectivity index (χ1v) is 6.55. The molecule has 0 unspecified atom stereocenters. The molecule has 0 aliphatic heterocycles. The molecule has 106 valence electrons. The maximum atomic E-state index is 5.63. The van der Waals surface area contributed by atoms with Gasteiger partial charge >= 0.3 is 0 Å². The van der Waals surface area contributed by atoms with Gasteiger partial charge in [0.25, 0.3) is 0 Å². The van der Waals surface area contributed by atoms with E-state index < -0.39 is 0 Å². The molecule has 2 aromatic carbocycles. The summed E-state index contributed by atoms with van der Waals surface area (Å²) < 4.78 is 11.3. The lowest BCUT2D eigenvalue weighted by Gasteiger charge is -2.14. The van der Waals surface area contributed by atoms with Crippen LogP contribution in [0.1, 0.15) is 18.1 Å². The van der Waals surface area contributed by atoms with Crippen molar-refractivity contribution in [3.05, 3.63) is 59.7 Å². The van der Waals surface area contributed by atoms with E-state index in [0.717, 1.165) is 22.5 Å². The average molecular weight is 272 g/mol. The number of nitrogen functional groups attached to an aromatic ring is 2. The molecule has 0 radical (unpaired) electrons. The Kier molecular flexibility index (Phi) is 4.98. The third kappa shape index (κ3) is 4.57. The molecule has 0 aliphatic carbocycles. The number of rotatable bonds is 6. The number of hydrogen-bond donors (Lipinski definition) is 2. The fraction of sp³-hybridized carbons (Fsp3) is 0.250. The van der Waals surface area contributed by atoms with Crippen molar-refractivity contribution in [2.24, 2.45) is 0 Å². The topological polar surface area (TPSA) is 70.5 Å². The molecule has 0 spiro atoms. The fourth-order valence-corrected chi connectivity index (χ4v) is 1.70. The van der Waals surface area contributed by atoms with Crippen molar-refractivity contribution in [1.29, 1.82) is 0 Å². The van der Waals surface area contributed by atoms with Crippen molar-refractivity contribution in [2.45, 2.75) is 26.4 Å². The van der Waals surface area contributed by atoms with Gasteiger partial charge in [0.05, 0.1) is 13.2 Å². The third-order valence-corrected chi connectivity index (χ3v) is 2.93. The van der Waals surface area contributed by atoms with Gasteiger partial charge in [-0.05, 0) is 42.3 Å². The van der Waals surface area contributed by atoms with Crippen LogP contribution < -0.4 is 11.5 Å². The Hall–Kier alpha value is -2.04. The maximum absolute atomic E-state index is 5.63. The van der Waals surface area contributed by atoms with Gasteiger partial charge in [0.2, 0.25) is 0 Å². The normalized spacial score (nSPS) is 10.9. The first kappa shape index (κ1) is 14.4. The number of hydrogen-bond acceptors (Lipinski definition) is 4. The van der Waals surface area contributed by atoms with Crippen LogP contribution in [-0.2, 0) is 22.7 Å². The molecule has 0 aromatic heterocycles. The highest BCUT2D eigenvalue weighted by Crippen LogP contribution is 2.11. The maximum Gasteiger partial charge on any atom is 0.155 e. The van der Waals surface area contributed by atoms with Crippen LogP contribution >= 0.6 is 0 Å². The number of nitrogens with two attached hydrogens (primary N) is 2. The van der Waals surface area contributed by atoms with Crippen molar-refractivity contribution in [3.8, 4) is 0 Å². The molecule has 2 rings (SSSR count). The summed E-state index contributed by atoms with van der Waals surface area (Å²) in [6.45, 7) is 2.89. The monoisotopic (exact) mass is 272 g/mol. The number of ether oxygens (including phenoxy) is 2. The highest BCUT2D eigenvalue weighted by Gasteiger charge is 2.03. The molecule has 4 N–H and O–H groups in total. The summed E-state index contributed by atoms with van der Waals surface area (Å²) in [7, 11) is 0. The van der Waals surface area contributed by atoms with Crippen LogP contribution in [0.3, 0.4) is 0 Å². The van der Waals surface area contributed by atoms with E-state index in [-0.39, 0.29) is 6.29 Å². The summed E-state index contributed by atoms with van der Waals surface area (Å²) >= 11 is 0. The Morgan fingerprint density at radius 2 is 1.10 bits per heavy atom. The van der Waals surface area contributed by atoms with E-state index in [0.29, 0.717) is 13.2 Å². The van der Waals surface area contributed by atoms with E-state index in [2.05, 4.69) is 0 Å². The second-order valence-electron chi connectivity index (χ2n) is 4.67. The van der Waals surface area contributed by atoms with Gasteiger partial charge in [-0.15, -0.1) is 0 Å². The fourth-order valence-electron chi connectivity index (χ4n) is 1.70. The molecule has 0 saturated heterocycles. The van der Waals surface area contributed by atoms with Gasteiger partial charge < -0.3 is 20.9 Å². The Labute approximate surface area is 119 Å². The summed E-state index contributed by atoms with van der Waals surface area (Å²) in [4.78, 5) is 0. The smallest absolute Gasteiger partial charge is 0.155 e. The van der Waals surface area contributed by atoms with E-state index in [1.807, 2.05) is 55.5 Å². The molecule has 0 aliphatic rings. The minimum Gasteiger partial charge on any atom is -0.399 e. The van der Waals surface area contributed by atoms with Crippen LogP contribution in [0, 0.1) is 0 Å². The predicted molar refractivity (Wildman–Crippen MR) is 80.7 cm³/mol. The Morgan fingerprint density at radius 1 is 0.750 bits per heavy atom. The van der Waals surface area contributed by atoms with Crippen molar-refractivity contribution >= 4 is 11.4 Å². The van der Waals surface area contributed by atoms with E-state index in [1.165, 1.54) is 0 Å². The lowest BCUT2D eigenvalue weighted by atomic mass is 10.2. The number of anilines is 2. The molecule has 2 aromatic rings. The molecule has 0 amide bonds.